The van der Waals surface area contributed by atoms with E-state index < -0.39 is 0 Å². The molecule has 8 nitrogen and oxygen atoms in total. The van der Waals surface area contributed by atoms with E-state index in [0.717, 1.165) is 42.1 Å². The third kappa shape index (κ3) is 5.59. The SMILES string of the molecule is C#Cc1cnc(Nc2cc(NC[C@@H]3CNCCO3)c(-c3ccc(COC)cc3)cn2)cn1. The molecule has 1 atom stereocenters. The number of aromatic nitrogens is 3. The summed E-state index contributed by atoms with van der Waals surface area (Å²) in [6.07, 6.45) is 10.4. The molecular weight excluding hydrogens is 404 g/mol. The summed E-state index contributed by atoms with van der Waals surface area (Å²) in [4.78, 5) is 13.0. The first-order valence-electron chi connectivity index (χ1n) is 10.5. The van der Waals surface area contributed by atoms with Gasteiger partial charge in [0, 0.05) is 50.3 Å². The number of ether oxygens (including phenoxy) is 2. The van der Waals surface area contributed by atoms with Gasteiger partial charge in [0.1, 0.15) is 17.3 Å². The Hall–Kier alpha value is -3.51. The smallest absolute Gasteiger partial charge is 0.150 e. The lowest BCUT2D eigenvalue weighted by Crippen LogP contribution is -2.42. The standard InChI is InChI=1S/C24H26N6O2/c1-3-19-11-28-24(15-26-19)30-23-10-22(27-13-20-12-25-8-9-32-20)21(14-29-23)18-6-4-17(5-7-18)16-31-2/h1,4-7,10-11,14-15,20,25H,8-9,12-13,16H2,2H3,(H2,27,28,29,30)/t20-/m0/s1. The fourth-order valence-electron chi connectivity index (χ4n) is 3.42. The van der Waals surface area contributed by atoms with Crippen LogP contribution in [0.15, 0.2) is 48.9 Å². The topological polar surface area (TPSA) is 93.2 Å². The maximum atomic E-state index is 5.83. The van der Waals surface area contributed by atoms with Crippen molar-refractivity contribution < 1.29 is 9.47 Å². The maximum absolute atomic E-state index is 5.83. The molecule has 0 spiro atoms. The minimum Gasteiger partial charge on any atom is -0.382 e. The van der Waals surface area contributed by atoms with Gasteiger partial charge in [-0.3, -0.25) is 0 Å². The van der Waals surface area contributed by atoms with Gasteiger partial charge in [0.2, 0.25) is 0 Å². The van der Waals surface area contributed by atoms with Gasteiger partial charge in [-0.25, -0.2) is 15.0 Å². The number of pyridine rings is 1. The fourth-order valence-corrected chi connectivity index (χ4v) is 3.42. The van der Waals surface area contributed by atoms with Crippen molar-refractivity contribution in [3.8, 4) is 23.5 Å². The zero-order valence-electron chi connectivity index (χ0n) is 18.0. The molecule has 1 aliphatic rings. The molecule has 0 saturated carbocycles. The van der Waals surface area contributed by atoms with Gasteiger partial charge in [-0.2, -0.15) is 0 Å². The summed E-state index contributed by atoms with van der Waals surface area (Å²) in [6.45, 7) is 3.69. The Morgan fingerprint density at radius 3 is 2.69 bits per heavy atom. The van der Waals surface area contributed by atoms with Crippen molar-refractivity contribution in [3.63, 3.8) is 0 Å². The van der Waals surface area contributed by atoms with Crippen LogP contribution in [0.5, 0.6) is 0 Å². The molecule has 1 aliphatic heterocycles. The Bertz CT molecular complexity index is 1060. The number of terminal acetylenes is 1. The first-order valence-corrected chi connectivity index (χ1v) is 10.5. The Balaban J connectivity index is 1.57. The minimum atomic E-state index is 0.104. The molecule has 1 fully saturated rings. The summed E-state index contributed by atoms with van der Waals surface area (Å²) in [5, 5.41) is 10.1. The van der Waals surface area contributed by atoms with E-state index in [-0.39, 0.29) is 6.10 Å². The number of anilines is 3. The number of hydrogen-bond acceptors (Lipinski definition) is 8. The lowest BCUT2D eigenvalue weighted by Gasteiger charge is -2.25. The lowest BCUT2D eigenvalue weighted by atomic mass is 10.0. The molecule has 0 unspecified atom stereocenters. The molecule has 0 aliphatic carbocycles. The summed E-state index contributed by atoms with van der Waals surface area (Å²) in [6, 6.07) is 10.2. The highest BCUT2D eigenvalue weighted by Gasteiger charge is 2.15. The molecule has 164 valence electrons. The third-order valence-electron chi connectivity index (χ3n) is 5.06. The molecule has 3 heterocycles. The van der Waals surface area contributed by atoms with Crippen molar-refractivity contribution in [1.29, 1.82) is 0 Å². The number of methoxy groups -OCH3 is 1. The zero-order chi connectivity index (χ0) is 22.2. The Morgan fingerprint density at radius 1 is 1.16 bits per heavy atom. The van der Waals surface area contributed by atoms with Gasteiger partial charge in [-0.1, -0.05) is 24.3 Å². The second kappa shape index (κ2) is 10.7. The highest BCUT2D eigenvalue weighted by molar-refractivity contribution is 5.79. The van der Waals surface area contributed by atoms with E-state index in [4.69, 9.17) is 15.9 Å². The average Bonchev–Trinajstić information content (AvgIpc) is 2.85. The van der Waals surface area contributed by atoms with E-state index in [2.05, 4.69) is 61.1 Å². The number of morpholine rings is 1. The maximum Gasteiger partial charge on any atom is 0.150 e. The van der Waals surface area contributed by atoms with E-state index in [1.807, 2.05) is 12.3 Å². The Morgan fingerprint density at radius 2 is 2.00 bits per heavy atom. The van der Waals surface area contributed by atoms with E-state index in [1.54, 1.807) is 19.5 Å². The van der Waals surface area contributed by atoms with Crippen LogP contribution < -0.4 is 16.0 Å². The minimum absolute atomic E-state index is 0.104. The van der Waals surface area contributed by atoms with Crippen LogP contribution in [0.2, 0.25) is 0 Å². The summed E-state index contributed by atoms with van der Waals surface area (Å²) < 4.78 is 11.0. The molecule has 2 aromatic heterocycles. The lowest BCUT2D eigenvalue weighted by molar-refractivity contribution is 0.0372. The van der Waals surface area contributed by atoms with Crippen LogP contribution in [0.1, 0.15) is 11.3 Å². The number of rotatable bonds is 8. The monoisotopic (exact) mass is 430 g/mol. The quantitative estimate of drug-likeness (QED) is 0.470. The zero-order valence-corrected chi connectivity index (χ0v) is 18.0. The van der Waals surface area contributed by atoms with Gasteiger partial charge >= 0.3 is 0 Å². The molecule has 3 aromatic rings. The highest BCUT2D eigenvalue weighted by atomic mass is 16.5. The van der Waals surface area contributed by atoms with Gasteiger partial charge in [-0.15, -0.1) is 6.42 Å². The van der Waals surface area contributed by atoms with Gasteiger partial charge in [0.05, 0.1) is 31.7 Å². The van der Waals surface area contributed by atoms with Crippen molar-refractivity contribution in [3.05, 3.63) is 60.2 Å². The molecule has 32 heavy (non-hydrogen) atoms. The molecule has 0 radical (unpaired) electrons. The first-order chi connectivity index (χ1) is 15.7. The van der Waals surface area contributed by atoms with Crippen LogP contribution in [-0.4, -0.2) is 54.4 Å². The van der Waals surface area contributed by atoms with Crippen molar-refractivity contribution in [2.75, 3.05) is 44.0 Å². The molecule has 3 N–H and O–H groups in total. The van der Waals surface area contributed by atoms with E-state index in [0.29, 0.717) is 30.5 Å². The number of nitrogens with zero attached hydrogens (tertiary/aromatic N) is 3. The molecule has 0 bridgehead atoms. The second-order valence-corrected chi connectivity index (χ2v) is 7.38. The van der Waals surface area contributed by atoms with Crippen LogP contribution in [-0.2, 0) is 16.1 Å². The van der Waals surface area contributed by atoms with Crippen molar-refractivity contribution in [2.24, 2.45) is 0 Å². The Kier molecular flexibility index (Phi) is 7.25. The van der Waals surface area contributed by atoms with Gasteiger partial charge in [-0.05, 0) is 17.0 Å². The van der Waals surface area contributed by atoms with Gasteiger partial charge in [0.15, 0.2) is 0 Å². The molecule has 0 amide bonds. The van der Waals surface area contributed by atoms with Crippen LogP contribution in [0.4, 0.5) is 17.3 Å². The largest absolute Gasteiger partial charge is 0.382 e. The summed E-state index contributed by atoms with van der Waals surface area (Å²) in [5.74, 6) is 3.68. The van der Waals surface area contributed by atoms with Crippen molar-refractivity contribution >= 4 is 17.3 Å². The molecular formula is C24H26N6O2. The van der Waals surface area contributed by atoms with Gasteiger partial charge in [0.25, 0.3) is 0 Å². The molecule has 1 saturated heterocycles. The number of hydrogen-bond donors (Lipinski definition) is 3. The van der Waals surface area contributed by atoms with Crippen LogP contribution >= 0.6 is 0 Å². The summed E-state index contributed by atoms with van der Waals surface area (Å²) in [5.41, 5.74) is 4.61. The van der Waals surface area contributed by atoms with E-state index in [1.165, 1.54) is 0 Å². The predicted octanol–water partition coefficient (Wildman–Crippen LogP) is 2.81. The summed E-state index contributed by atoms with van der Waals surface area (Å²) in [7, 11) is 1.69. The number of nitrogens with one attached hydrogen (secondary N) is 3. The second-order valence-electron chi connectivity index (χ2n) is 7.38. The first kappa shape index (κ1) is 21.7. The van der Waals surface area contributed by atoms with Crippen molar-refractivity contribution in [1.82, 2.24) is 20.3 Å². The Labute approximate surface area is 187 Å². The molecule has 1 aromatic carbocycles. The van der Waals surface area contributed by atoms with Crippen molar-refractivity contribution in [2.45, 2.75) is 12.7 Å². The normalized spacial score (nSPS) is 15.7. The van der Waals surface area contributed by atoms with E-state index >= 15 is 0 Å². The summed E-state index contributed by atoms with van der Waals surface area (Å²) >= 11 is 0. The number of benzene rings is 1. The van der Waals surface area contributed by atoms with Crippen LogP contribution in [0.3, 0.4) is 0 Å². The fraction of sp³-hybridized carbons (Fsp3) is 0.292. The predicted molar refractivity (Wildman–Crippen MR) is 125 cm³/mol. The molecule has 8 heteroatoms. The van der Waals surface area contributed by atoms with E-state index in [9.17, 15) is 0 Å². The molecule has 4 rings (SSSR count). The van der Waals surface area contributed by atoms with Gasteiger partial charge < -0.3 is 25.4 Å². The average molecular weight is 431 g/mol. The van der Waals surface area contributed by atoms with Crippen LogP contribution in [0, 0.1) is 12.3 Å². The third-order valence-corrected chi connectivity index (χ3v) is 5.06. The van der Waals surface area contributed by atoms with Crippen LogP contribution in [0.25, 0.3) is 11.1 Å². The highest BCUT2D eigenvalue weighted by Crippen LogP contribution is 2.30.